The average Bonchev–Trinajstić information content (AvgIpc) is 2.26. The van der Waals surface area contributed by atoms with Crippen LogP contribution in [0.2, 0.25) is 0 Å². The van der Waals surface area contributed by atoms with Gasteiger partial charge >= 0.3 is 0 Å². The van der Waals surface area contributed by atoms with Crippen LogP contribution in [0.5, 0.6) is 0 Å². The van der Waals surface area contributed by atoms with E-state index in [2.05, 4.69) is 0 Å². The van der Waals surface area contributed by atoms with Crippen molar-refractivity contribution >= 4 is 21.6 Å². The second kappa shape index (κ2) is 4.54. The van der Waals surface area contributed by atoms with Gasteiger partial charge in [0.05, 0.1) is 0 Å². The van der Waals surface area contributed by atoms with E-state index in [4.69, 9.17) is 5.14 Å². The van der Waals surface area contributed by atoms with Gasteiger partial charge in [0.25, 0.3) is 0 Å². The third kappa shape index (κ3) is 2.74. The van der Waals surface area contributed by atoms with Gasteiger partial charge in [-0.3, -0.25) is 9.59 Å². The number of sulfonamides is 1. The Morgan fingerprint density at radius 1 is 1.19 bits per heavy atom. The van der Waals surface area contributed by atoms with Gasteiger partial charge in [0.1, 0.15) is 5.25 Å². The smallest absolute Gasteiger partial charge is 0.230 e. The van der Waals surface area contributed by atoms with Gasteiger partial charge in [-0.1, -0.05) is 30.3 Å². The van der Waals surface area contributed by atoms with Gasteiger partial charge in [0.15, 0.2) is 0 Å². The fourth-order valence-corrected chi connectivity index (χ4v) is 1.47. The predicted octanol–water partition coefficient (Wildman–Crippen LogP) is 0.115. The van der Waals surface area contributed by atoms with Crippen LogP contribution in [-0.4, -0.2) is 25.2 Å². The summed E-state index contributed by atoms with van der Waals surface area (Å²) in [7, 11) is -4.03. The molecule has 0 saturated heterocycles. The van der Waals surface area contributed by atoms with E-state index in [9.17, 15) is 18.0 Å². The topological polar surface area (TPSA) is 94.3 Å². The molecular weight excluding hydrogens is 230 g/mol. The summed E-state index contributed by atoms with van der Waals surface area (Å²) in [5, 5.41) is 3.28. The van der Waals surface area contributed by atoms with Crippen LogP contribution in [0, 0.1) is 0 Å². The number of hydrogen-bond acceptors (Lipinski definition) is 4. The largest absolute Gasteiger partial charge is 0.289 e. The highest BCUT2D eigenvalue weighted by Crippen LogP contribution is 2.05. The second-order valence-electron chi connectivity index (χ2n) is 3.29. The molecule has 0 aliphatic heterocycles. The molecule has 2 N–H and O–H groups in total. The summed E-state index contributed by atoms with van der Waals surface area (Å²) in [4.78, 5) is 23.0. The third-order valence-corrected chi connectivity index (χ3v) is 3.32. The SMILES string of the molecule is CC(C(=O)C(=O)c1ccccc1)S(N)(=O)=O. The Balaban J connectivity index is 2.97. The van der Waals surface area contributed by atoms with Crippen LogP contribution in [0.3, 0.4) is 0 Å². The first-order valence-electron chi connectivity index (χ1n) is 4.49. The molecule has 0 radical (unpaired) electrons. The maximum absolute atomic E-state index is 11.6. The predicted molar refractivity (Wildman–Crippen MR) is 58.3 cm³/mol. The standard InChI is InChI=1S/C10H11NO4S/c1-7(16(11,14)15)9(12)10(13)8-5-3-2-4-6-8/h2-7H,1H3,(H2,11,14,15). The minimum atomic E-state index is -4.03. The van der Waals surface area contributed by atoms with Crippen molar-refractivity contribution in [2.45, 2.75) is 12.2 Å². The van der Waals surface area contributed by atoms with Gasteiger partial charge in [-0.15, -0.1) is 0 Å². The van der Waals surface area contributed by atoms with Crippen molar-refractivity contribution in [1.82, 2.24) is 0 Å². The van der Waals surface area contributed by atoms with Crippen molar-refractivity contribution in [2.24, 2.45) is 5.14 Å². The summed E-state index contributed by atoms with van der Waals surface area (Å²) >= 11 is 0. The van der Waals surface area contributed by atoms with Crippen LogP contribution in [0.15, 0.2) is 30.3 Å². The lowest BCUT2D eigenvalue weighted by atomic mass is 10.1. The molecule has 0 amide bonds. The zero-order valence-electron chi connectivity index (χ0n) is 8.58. The normalized spacial score (nSPS) is 13.1. The van der Waals surface area contributed by atoms with Gasteiger partial charge in [0, 0.05) is 5.56 Å². The van der Waals surface area contributed by atoms with Gasteiger partial charge in [-0.25, -0.2) is 13.6 Å². The molecule has 1 unspecified atom stereocenters. The Labute approximate surface area is 93.3 Å². The third-order valence-electron chi connectivity index (χ3n) is 2.12. The van der Waals surface area contributed by atoms with E-state index in [1.807, 2.05) is 0 Å². The Bertz CT molecular complexity index is 507. The molecule has 0 spiro atoms. The van der Waals surface area contributed by atoms with E-state index < -0.39 is 26.8 Å². The molecule has 86 valence electrons. The first-order chi connectivity index (χ1) is 7.34. The highest BCUT2D eigenvalue weighted by molar-refractivity contribution is 7.90. The van der Waals surface area contributed by atoms with Crippen molar-refractivity contribution in [3.8, 4) is 0 Å². The summed E-state index contributed by atoms with van der Waals surface area (Å²) in [6, 6.07) is 7.74. The molecule has 16 heavy (non-hydrogen) atoms. The molecule has 0 heterocycles. The molecule has 1 aromatic carbocycles. The number of nitrogens with two attached hydrogens (primary N) is 1. The number of Topliss-reactive ketones (excluding diaryl/α,β-unsaturated/α-hetero) is 2. The summed E-state index contributed by atoms with van der Waals surface area (Å²) in [6.07, 6.45) is 0. The Morgan fingerprint density at radius 3 is 2.12 bits per heavy atom. The minimum absolute atomic E-state index is 0.156. The number of carbonyl (C=O) groups is 2. The maximum atomic E-state index is 11.6. The van der Waals surface area contributed by atoms with Crippen LogP contribution >= 0.6 is 0 Å². The zero-order chi connectivity index (χ0) is 12.3. The molecule has 0 saturated carbocycles. The van der Waals surface area contributed by atoms with Crippen LogP contribution in [0.4, 0.5) is 0 Å². The zero-order valence-corrected chi connectivity index (χ0v) is 9.40. The van der Waals surface area contributed by atoms with Crippen molar-refractivity contribution in [1.29, 1.82) is 0 Å². The van der Waals surface area contributed by atoms with Crippen LogP contribution in [0.1, 0.15) is 17.3 Å². The summed E-state index contributed by atoms with van der Waals surface area (Å²) in [6.45, 7) is 1.10. The quantitative estimate of drug-likeness (QED) is 0.598. The van der Waals surface area contributed by atoms with Crippen molar-refractivity contribution in [3.63, 3.8) is 0 Å². The molecule has 1 atom stereocenters. The highest BCUT2D eigenvalue weighted by atomic mass is 32.2. The van der Waals surface area contributed by atoms with Gasteiger partial charge in [-0.05, 0) is 6.92 Å². The van der Waals surface area contributed by atoms with Crippen molar-refractivity contribution in [2.75, 3.05) is 0 Å². The molecular formula is C10H11NO4S. The Hall–Kier alpha value is -1.53. The van der Waals surface area contributed by atoms with E-state index in [0.717, 1.165) is 6.92 Å². The van der Waals surface area contributed by atoms with Crippen LogP contribution in [0.25, 0.3) is 0 Å². The molecule has 0 aromatic heterocycles. The van der Waals surface area contributed by atoms with Gasteiger partial charge < -0.3 is 0 Å². The van der Waals surface area contributed by atoms with Crippen molar-refractivity contribution < 1.29 is 18.0 Å². The Morgan fingerprint density at radius 2 is 1.69 bits per heavy atom. The monoisotopic (exact) mass is 241 g/mol. The number of benzene rings is 1. The molecule has 5 nitrogen and oxygen atoms in total. The molecule has 1 aromatic rings. The summed E-state index contributed by atoms with van der Waals surface area (Å²) < 4.78 is 21.8. The van der Waals surface area contributed by atoms with Gasteiger partial charge in [0.2, 0.25) is 21.6 Å². The first-order valence-corrected chi connectivity index (χ1v) is 6.10. The number of hydrogen-bond donors (Lipinski definition) is 1. The Kier molecular flexibility index (Phi) is 3.56. The van der Waals surface area contributed by atoms with E-state index >= 15 is 0 Å². The summed E-state index contributed by atoms with van der Waals surface area (Å²) in [5.41, 5.74) is 0.156. The maximum Gasteiger partial charge on any atom is 0.230 e. The number of rotatable bonds is 4. The van der Waals surface area contributed by atoms with Crippen LogP contribution in [-0.2, 0) is 14.8 Å². The lowest BCUT2D eigenvalue weighted by molar-refractivity contribution is -0.114. The fraction of sp³-hybridized carbons (Fsp3) is 0.200. The first kappa shape index (κ1) is 12.5. The highest BCUT2D eigenvalue weighted by Gasteiger charge is 2.30. The molecule has 0 aliphatic carbocycles. The molecule has 0 bridgehead atoms. The van der Waals surface area contributed by atoms with E-state index in [0.29, 0.717) is 0 Å². The molecule has 1 rings (SSSR count). The number of carbonyl (C=O) groups excluding carboxylic acids is 2. The second-order valence-corrected chi connectivity index (χ2v) is 5.18. The van der Waals surface area contributed by atoms with Crippen molar-refractivity contribution in [3.05, 3.63) is 35.9 Å². The molecule has 0 fully saturated rings. The van der Waals surface area contributed by atoms with E-state index in [1.54, 1.807) is 18.2 Å². The lowest BCUT2D eigenvalue weighted by Crippen LogP contribution is -2.37. The molecule has 0 aliphatic rings. The summed E-state index contributed by atoms with van der Waals surface area (Å²) in [5.74, 6) is -1.86. The average molecular weight is 241 g/mol. The fourth-order valence-electron chi connectivity index (χ4n) is 1.07. The van der Waals surface area contributed by atoms with Gasteiger partial charge in [-0.2, -0.15) is 0 Å². The van der Waals surface area contributed by atoms with E-state index in [-0.39, 0.29) is 5.56 Å². The number of primary sulfonamides is 1. The van der Waals surface area contributed by atoms with Crippen LogP contribution < -0.4 is 5.14 Å². The lowest BCUT2D eigenvalue weighted by Gasteiger charge is -2.06. The van der Waals surface area contributed by atoms with E-state index in [1.165, 1.54) is 12.1 Å². The molecule has 6 heteroatoms. The minimum Gasteiger partial charge on any atom is -0.289 e. The number of ketones is 2.